The van der Waals surface area contributed by atoms with Crippen LogP contribution in [0.4, 0.5) is 19.0 Å². The maximum Gasteiger partial charge on any atom is 0.253 e. The third-order valence-corrected chi connectivity index (χ3v) is 8.27. The lowest BCUT2D eigenvalue weighted by Gasteiger charge is -2.31. The SMILES string of the molecule is Nc1ccc(/C=C/C(=O)CCc2cc3cc(-c4ccc(C(=O)N5CCC(F)(F)CC5)cc4F)cc(-c4ccc(Cl)cc4)c3o2)cn1. The smallest absolute Gasteiger partial charge is 0.253 e. The molecule has 0 unspecified atom stereocenters. The molecule has 1 aliphatic heterocycles. The minimum Gasteiger partial charge on any atom is -0.460 e. The van der Waals surface area contributed by atoms with Crippen LogP contribution >= 0.6 is 11.6 Å². The minimum atomic E-state index is -2.79. The summed E-state index contributed by atoms with van der Waals surface area (Å²) in [4.78, 5) is 30.9. The lowest BCUT2D eigenvalue weighted by atomic mass is 9.95. The molecular weight excluding hydrogens is 615 g/mol. The molecule has 5 aromatic rings. The summed E-state index contributed by atoms with van der Waals surface area (Å²) in [5.74, 6) is -2.99. The molecular formula is C36H29ClF3N3O3. The lowest BCUT2D eigenvalue weighted by Crippen LogP contribution is -2.42. The van der Waals surface area contributed by atoms with Crippen molar-refractivity contribution < 1.29 is 27.2 Å². The molecule has 0 radical (unpaired) electrons. The molecule has 2 N–H and O–H groups in total. The maximum atomic E-state index is 15.6. The zero-order valence-electron chi connectivity index (χ0n) is 24.6. The Morgan fingerprint density at radius 3 is 2.41 bits per heavy atom. The number of carbonyl (C=O) groups excluding carboxylic acids is 2. The van der Waals surface area contributed by atoms with Crippen LogP contribution in [-0.4, -0.2) is 40.6 Å². The Hall–Kier alpha value is -4.89. The van der Waals surface area contributed by atoms with Crippen LogP contribution in [0.25, 0.3) is 39.3 Å². The molecule has 1 fully saturated rings. The van der Waals surface area contributed by atoms with Gasteiger partial charge in [-0.05, 0) is 83.4 Å². The summed E-state index contributed by atoms with van der Waals surface area (Å²) in [6, 6.07) is 20.2. The molecule has 234 valence electrons. The van der Waals surface area contributed by atoms with Gasteiger partial charge >= 0.3 is 0 Å². The molecule has 46 heavy (non-hydrogen) atoms. The number of pyridine rings is 1. The van der Waals surface area contributed by atoms with E-state index in [9.17, 15) is 18.4 Å². The van der Waals surface area contributed by atoms with Gasteiger partial charge in [0.15, 0.2) is 5.78 Å². The number of benzene rings is 3. The second-order valence-corrected chi connectivity index (χ2v) is 11.8. The van der Waals surface area contributed by atoms with E-state index in [0.29, 0.717) is 45.1 Å². The van der Waals surface area contributed by atoms with Crippen LogP contribution in [0, 0.1) is 5.82 Å². The predicted molar refractivity (Wildman–Crippen MR) is 173 cm³/mol. The highest BCUT2D eigenvalue weighted by Crippen LogP contribution is 2.38. The number of aryl methyl sites for hydroxylation is 1. The third-order valence-electron chi connectivity index (χ3n) is 8.02. The van der Waals surface area contributed by atoms with Crippen molar-refractivity contribution in [3.05, 3.63) is 113 Å². The molecule has 0 aliphatic carbocycles. The van der Waals surface area contributed by atoms with Gasteiger partial charge in [-0.3, -0.25) is 9.59 Å². The number of anilines is 1. The first kappa shape index (κ1) is 31.1. The molecule has 0 bridgehead atoms. The van der Waals surface area contributed by atoms with Crippen molar-refractivity contribution in [1.82, 2.24) is 9.88 Å². The number of aromatic nitrogens is 1. The normalized spacial score (nSPS) is 14.7. The number of nitrogen functional groups attached to an aromatic ring is 1. The fourth-order valence-corrected chi connectivity index (χ4v) is 5.59. The molecule has 0 saturated carbocycles. The number of hydrogen-bond donors (Lipinski definition) is 1. The maximum absolute atomic E-state index is 15.6. The average Bonchev–Trinajstić information content (AvgIpc) is 3.46. The van der Waals surface area contributed by atoms with Crippen molar-refractivity contribution in [2.75, 3.05) is 18.8 Å². The summed E-state index contributed by atoms with van der Waals surface area (Å²) in [6.45, 7) is -0.164. The van der Waals surface area contributed by atoms with E-state index in [1.54, 1.807) is 48.7 Å². The minimum absolute atomic E-state index is 0.0822. The average molecular weight is 644 g/mol. The van der Waals surface area contributed by atoms with Crippen molar-refractivity contribution in [2.24, 2.45) is 0 Å². The molecule has 3 aromatic carbocycles. The Bertz CT molecular complexity index is 1940. The van der Waals surface area contributed by atoms with E-state index in [2.05, 4.69) is 4.98 Å². The molecule has 0 atom stereocenters. The van der Waals surface area contributed by atoms with Gasteiger partial charge in [0.1, 0.15) is 23.0 Å². The van der Waals surface area contributed by atoms with Crippen LogP contribution < -0.4 is 5.73 Å². The van der Waals surface area contributed by atoms with Gasteiger partial charge in [-0.1, -0.05) is 29.8 Å². The van der Waals surface area contributed by atoms with Crippen LogP contribution in [0.2, 0.25) is 5.02 Å². The summed E-state index contributed by atoms with van der Waals surface area (Å²) in [5.41, 5.74) is 9.35. The second kappa shape index (κ2) is 12.8. The number of hydrogen-bond acceptors (Lipinski definition) is 5. The molecule has 1 aliphatic rings. The van der Waals surface area contributed by atoms with E-state index in [1.165, 1.54) is 23.1 Å². The molecule has 6 rings (SSSR count). The fourth-order valence-electron chi connectivity index (χ4n) is 5.47. The van der Waals surface area contributed by atoms with Crippen LogP contribution in [-0.2, 0) is 11.2 Å². The topological polar surface area (TPSA) is 89.4 Å². The number of nitrogens with zero attached hydrogens (tertiary/aromatic N) is 2. The Morgan fingerprint density at radius 2 is 1.72 bits per heavy atom. The number of piperidine rings is 1. The second-order valence-electron chi connectivity index (χ2n) is 11.3. The van der Waals surface area contributed by atoms with Crippen LogP contribution in [0.5, 0.6) is 0 Å². The van der Waals surface area contributed by atoms with Gasteiger partial charge < -0.3 is 15.1 Å². The van der Waals surface area contributed by atoms with Gasteiger partial charge in [0, 0.05) is 72.1 Å². The zero-order chi connectivity index (χ0) is 32.4. The first-order valence-corrected chi connectivity index (χ1v) is 15.1. The van der Waals surface area contributed by atoms with Crippen LogP contribution in [0.15, 0.2) is 89.5 Å². The number of likely N-dealkylation sites (tertiary alicyclic amines) is 1. The molecule has 6 nitrogen and oxygen atoms in total. The molecule has 0 spiro atoms. The van der Waals surface area contributed by atoms with Gasteiger partial charge in [0.25, 0.3) is 11.8 Å². The lowest BCUT2D eigenvalue weighted by molar-refractivity contribution is -0.114. The summed E-state index contributed by atoms with van der Waals surface area (Å²) < 4.78 is 49.0. The van der Waals surface area contributed by atoms with Gasteiger partial charge in [0.2, 0.25) is 0 Å². The van der Waals surface area contributed by atoms with Crippen molar-refractivity contribution in [3.8, 4) is 22.3 Å². The van der Waals surface area contributed by atoms with Gasteiger partial charge in [-0.2, -0.15) is 0 Å². The van der Waals surface area contributed by atoms with Gasteiger partial charge in [-0.25, -0.2) is 18.2 Å². The van der Waals surface area contributed by atoms with E-state index >= 15 is 4.39 Å². The predicted octanol–water partition coefficient (Wildman–Crippen LogP) is 8.62. The number of ketones is 1. The monoisotopic (exact) mass is 643 g/mol. The van der Waals surface area contributed by atoms with E-state index in [4.69, 9.17) is 21.8 Å². The van der Waals surface area contributed by atoms with Gasteiger partial charge in [0.05, 0.1) is 0 Å². The van der Waals surface area contributed by atoms with E-state index < -0.39 is 30.5 Å². The Kier molecular flexibility index (Phi) is 8.69. The number of halogens is 4. The number of amides is 1. The zero-order valence-corrected chi connectivity index (χ0v) is 25.4. The molecule has 2 aromatic heterocycles. The number of carbonyl (C=O) groups is 2. The van der Waals surface area contributed by atoms with Crippen LogP contribution in [0.3, 0.4) is 0 Å². The Labute approximate surface area is 268 Å². The first-order chi connectivity index (χ1) is 22.0. The summed E-state index contributed by atoms with van der Waals surface area (Å²) in [6.07, 6.45) is 4.49. The Morgan fingerprint density at radius 1 is 0.957 bits per heavy atom. The van der Waals surface area contributed by atoms with Crippen molar-refractivity contribution in [1.29, 1.82) is 0 Å². The molecule has 1 saturated heterocycles. The first-order valence-electron chi connectivity index (χ1n) is 14.8. The summed E-state index contributed by atoms with van der Waals surface area (Å²) >= 11 is 6.13. The van der Waals surface area contributed by atoms with Crippen molar-refractivity contribution in [2.45, 2.75) is 31.6 Å². The highest BCUT2D eigenvalue weighted by Gasteiger charge is 2.36. The summed E-state index contributed by atoms with van der Waals surface area (Å²) in [5, 5.41) is 1.27. The standard InChI is InChI=1S/C36H29ClF3N3O3/c37-27-6-3-23(4-7-27)31-19-25(30-11-5-24(20-32(30)38)35(45)43-15-13-36(39,40)14-16-43)17-26-18-29(46-34(26)31)10-9-28(44)8-1-22-2-12-33(41)42-21-22/h1-8,11-12,17-21H,9-10,13-16H2,(H2,41,42)/b8-1+. The van der Waals surface area contributed by atoms with Gasteiger partial charge in [-0.15, -0.1) is 0 Å². The number of rotatable bonds is 8. The number of alkyl halides is 2. The van der Waals surface area contributed by atoms with Crippen molar-refractivity contribution in [3.63, 3.8) is 0 Å². The van der Waals surface area contributed by atoms with E-state index in [-0.39, 0.29) is 36.4 Å². The quantitative estimate of drug-likeness (QED) is 0.171. The van der Waals surface area contributed by atoms with E-state index in [1.807, 2.05) is 18.2 Å². The van der Waals surface area contributed by atoms with E-state index in [0.717, 1.165) is 17.2 Å². The van der Waals surface area contributed by atoms with Crippen molar-refractivity contribution >= 4 is 46.2 Å². The summed E-state index contributed by atoms with van der Waals surface area (Å²) in [7, 11) is 0. The highest BCUT2D eigenvalue weighted by atomic mass is 35.5. The molecule has 10 heteroatoms. The number of furan rings is 1. The number of nitrogens with two attached hydrogens (primary N) is 1. The number of allylic oxidation sites excluding steroid dienone is 1. The Balaban J connectivity index is 1.27. The fraction of sp³-hybridized carbons (Fsp3) is 0.194. The largest absolute Gasteiger partial charge is 0.460 e. The number of fused-ring (bicyclic) bond motifs is 1. The highest BCUT2D eigenvalue weighted by molar-refractivity contribution is 6.30. The van der Waals surface area contributed by atoms with Crippen LogP contribution in [0.1, 0.15) is 40.9 Å². The molecule has 3 heterocycles. The third kappa shape index (κ3) is 7.00. The molecule has 1 amide bonds.